The van der Waals surface area contributed by atoms with Crippen LogP contribution in [0.15, 0.2) is 23.1 Å². The SMILES string of the molecule is COc1ccc(S(=O)(=O)NC(C)C)cc1NC(=O)C1CCN(C)CC1. The average Bonchev–Trinajstić information content (AvgIpc) is 2.54. The number of hydrogen-bond acceptors (Lipinski definition) is 5. The first-order chi connectivity index (χ1) is 11.7. The van der Waals surface area contributed by atoms with Gasteiger partial charge in [-0.25, -0.2) is 13.1 Å². The summed E-state index contributed by atoms with van der Waals surface area (Å²) in [5.41, 5.74) is 0.373. The monoisotopic (exact) mass is 369 g/mol. The highest BCUT2D eigenvalue weighted by Gasteiger charge is 2.25. The number of nitrogens with one attached hydrogen (secondary N) is 2. The lowest BCUT2D eigenvalue weighted by Crippen LogP contribution is -2.36. The summed E-state index contributed by atoms with van der Waals surface area (Å²) < 4.78 is 32.5. The fourth-order valence-electron chi connectivity index (χ4n) is 2.84. The van der Waals surface area contributed by atoms with Gasteiger partial charge in [0.25, 0.3) is 0 Å². The Morgan fingerprint density at radius 2 is 1.92 bits per heavy atom. The van der Waals surface area contributed by atoms with E-state index in [1.54, 1.807) is 19.9 Å². The highest BCUT2D eigenvalue weighted by atomic mass is 32.2. The molecule has 2 N–H and O–H groups in total. The minimum atomic E-state index is -3.64. The maximum Gasteiger partial charge on any atom is 0.240 e. The van der Waals surface area contributed by atoms with Crippen LogP contribution in [-0.4, -0.2) is 52.5 Å². The van der Waals surface area contributed by atoms with Crippen molar-refractivity contribution >= 4 is 21.6 Å². The zero-order chi connectivity index (χ0) is 18.6. The molecule has 1 heterocycles. The Balaban J connectivity index is 2.21. The molecular formula is C17H27N3O4S. The molecular weight excluding hydrogens is 342 g/mol. The van der Waals surface area contributed by atoms with E-state index < -0.39 is 10.0 Å². The number of ether oxygens (including phenoxy) is 1. The van der Waals surface area contributed by atoms with Crippen LogP contribution in [0.1, 0.15) is 26.7 Å². The molecule has 1 aromatic carbocycles. The standard InChI is InChI=1S/C17H27N3O4S/c1-12(2)19-25(22,23)14-5-6-16(24-4)15(11-14)18-17(21)13-7-9-20(3)10-8-13/h5-6,11-13,19H,7-10H2,1-4H3,(H,18,21). The predicted molar refractivity (Wildman–Crippen MR) is 97.3 cm³/mol. The summed E-state index contributed by atoms with van der Waals surface area (Å²) in [5.74, 6) is 0.262. The largest absolute Gasteiger partial charge is 0.495 e. The number of rotatable bonds is 6. The molecule has 1 amide bonds. The van der Waals surface area contributed by atoms with E-state index in [1.807, 2.05) is 7.05 Å². The van der Waals surface area contributed by atoms with Gasteiger partial charge in [0.15, 0.2) is 0 Å². The van der Waals surface area contributed by atoms with Gasteiger partial charge < -0.3 is 15.0 Å². The highest BCUT2D eigenvalue weighted by molar-refractivity contribution is 7.89. The second-order valence-corrected chi connectivity index (χ2v) is 8.42. The summed E-state index contributed by atoms with van der Waals surface area (Å²) in [6.07, 6.45) is 1.58. The van der Waals surface area contributed by atoms with Crippen molar-refractivity contribution in [2.75, 3.05) is 32.6 Å². The topological polar surface area (TPSA) is 87.7 Å². The molecule has 0 saturated carbocycles. The molecule has 0 aliphatic carbocycles. The summed E-state index contributed by atoms with van der Waals surface area (Å²) in [4.78, 5) is 14.8. The first-order valence-corrected chi connectivity index (χ1v) is 9.91. The number of hydrogen-bond donors (Lipinski definition) is 2. The van der Waals surface area contributed by atoms with Crippen molar-refractivity contribution in [1.29, 1.82) is 0 Å². The first-order valence-electron chi connectivity index (χ1n) is 8.42. The van der Waals surface area contributed by atoms with E-state index in [4.69, 9.17) is 4.74 Å². The molecule has 25 heavy (non-hydrogen) atoms. The van der Waals surface area contributed by atoms with E-state index in [0.717, 1.165) is 25.9 Å². The fourth-order valence-corrected chi connectivity index (χ4v) is 4.11. The quantitative estimate of drug-likeness (QED) is 0.796. The van der Waals surface area contributed by atoms with Crippen LogP contribution >= 0.6 is 0 Å². The summed E-state index contributed by atoms with van der Waals surface area (Å²) in [6.45, 7) is 5.26. The molecule has 1 aliphatic heterocycles. The summed E-state index contributed by atoms with van der Waals surface area (Å²) in [5, 5.41) is 2.84. The van der Waals surface area contributed by atoms with Crippen molar-refractivity contribution in [3.63, 3.8) is 0 Å². The maximum absolute atomic E-state index is 12.5. The van der Waals surface area contributed by atoms with Gasteiger partial charge in [-0.15, -0.1) is 0 Å². The van der Waals surface area contributed by atoms with Gasteiger partial charge in [-0.1, -0.05) is 0 Å². The number of likely N-dealkylation sites (tertiary alicyclic amines) is 1. The molecule has 0 atom stereocenters. The summed E-state index contributed by atoms with van der Waals surface area (Å²) in [6, 6.07) is 4.24. The van der Waals surface area contributed by atoms with Crippen LogP contribution in [0.3, 0.4) is 0 Å². The number of methoxy groups -OCH3 is 1. The average molecular weight is 369 g/mol. The van der Waals surface area contributed by atoms with E-state index in [9.17, 15) is 13.2 Å². The number of benzene rings is 1. The number of sulfonamides is 1. The van der Waals surface area contributed by atoms with Crippen molar-refractivity contribution < 1.29 is 17.9 Å². The lowest BCUT2D eigenvalue weighted by atomic mass is 9.96. The minimum absolute atomic E-state index is 0.0741. The Hall–Kier alpha value is -1.64. The third-order valence-corrected chi connectivity index (χ3v) is 5.88. The zero-order valence-corrected chi connectivity index (χ0v) is 16.0. The molecule has 1 aromatic rings. The second-order valence-electron chi connectivity index (χ2n) is 6.70. The summed E-state index contributed by atoms with van der Waals surface area (Å²) >= 11 is 0. The van der Waals surface area contributed by atoms with Crippen LogP contribution in [0, 0.1) is 5.92 Å². The van der Waals surface area contributed by atoms with Gasteiger partial charge in [-0.3, -0.25) is 4.79 Å². The molecule has 0 spiro atoms. The molecule has 0 unspecified atom stereocenters. The fraction of sp³-hybridized carbons (Fsp3) is 0.588. The molecule has 1 saturated heterocycles. The van der Waals surface area contributed by atoms with E-state index in [-0.39, 0.29) is 22.8 Å². The van der Waals surface area contributed by atoms with Crippen molar-refractivity contribution in [2.45, 2.75) is 37.6 Å². The van der Waals surface area contributed by atoms with E-state index in [1.165, 1.54) is 19.2 Å². The first kappa shape index (κ1) is 19.7. The molecule has 1 fully saturated rings. The third-order valence-electron chi connectivity index (χ3n) is 4.22. The van der Waals surface area contributed by atoms with Gasteiger partial charge in [0.1, 0.15) is 5.75 Å². The molecule has 8 heteroatoms. The van der Waals surface area contributed by atoms with Crippen LogP contribution in [0.25, 0.3) is 0 Å². The van der Waals surface area contributed by atoms with Crippen LogP contribution < -0.4 is 14.8 Å². The Bertz CT molecular complexity index is 711. The van der Waals surface area contributed by atoms with E-state index in [0.29, 0.717) is 11.4 Å². The second kappa shape index (κ2) is 8.16. The van der Waals surface area contributed by atoms with Crippen molar-refractivity contribution in [3.8, 4) is 5.75 Å². The molecule has 1 aliphatic rings. The number of carbonyl (C=O) groups is 1. The van der Waals surface area contributed by atoms with Crippen LogP contribution in [0.5, 0.6) is 5.75 Å². The molecule has 0 bridgehead atoms. The molecule has 0 radical (unpaired) electrons. The number of anilines is 1. The lowest BCUT2D eigenvalue weighted by molar-refractivity contribution is -0.121. The molecule has 2 rings (SSSR count). The van der Waals surface area contributed by atoms with Crippen molar-refractivity contribution in [2.24, 2.45) is 5.92 Å². The van der Waals surface area contributed by atoms with Crippen molar-refractivity contribution in [3.05, 3.63) is 18.2 Å². The van der Waals surface area contributed by atoms with Gasteiger partial charge in [0.2, 0.25) is 15.9 Å². The number of amides is 1. The smallest absolute Gasteiger partial charge is 0.240 e. The normalized spacial score (nSPS) is 16.8. The number of carbonyl (C=O) groups excluding carboxylic acids is 1. The summed E-state index contributed by atoms with van der Waals surface area (Å²) in [7, 11) is -0.116. The van der Waals surface area contributed by atoms with E-state index >= 15 is 0 Å². The highest BCUT2D eigenvalue weighted by Crippen LogP contribution is 2.29. The lowest BCUT2D eigenvalue weighted by Gasteiger charge is -2.28. The van der Waals surface area contributed by atoms with Gasteiger partial charge in [0, 0.05) is 12.0 Å². The Morgan fingerprint density at radius 3 is 2.48 bits per heavy atom. The molecule has 140 valence electrons. The Kier molecular flexibility index (Phi) is 6.42. The van der Waals surface area contributed by atoms with Crippen LogP contribution in [-0.2, 0) is 14.8 Å². The van der Waals surface area contributed by atoms with Gasteiger partial charge in [0.05, 0.1) is 17.7 Å². The minimum Gasteiger partial charge on any atom is -0.495 e. The van der Waals surface area contributed by atoms with Crippen LogP contribution in [0.4, 0.5) is 5.69 Å². The molecule has 7 nitrogen and oxygen atoms in total. The number of piperidine rings is 1. The van der Waals surface area contributed by atoms with Gasteiger partial charge >= 0.3 is 0 Å². The molecule has 0 aromatic heterocycles. The van der Waals surface area contributed by atoms with Gasteiger partial charge in [-0.2, -0.15) is 0 Å². The van der Waals surface area contributed by atoms with Crippen LogP contribution in [0.2, 0.25) is 0 Å². The maximum atomic E-state index is 12.5. The van der Waals surface area contributed by atoms with Gasteiger partial charge in [-0.05, 0) is 65.0 Å². The zero-order valence-electron chi connectivity index (χ0n) is 15.2. The third kappa shape index (κ3) is 5.17. The number of nitrogens with zero attached hydrogens (tertiary/aromatic N) is 1. The van der Waals surface area contributed by atoms with E-state index in [2.05, 4.69) is 14.9 Å². The Labute approximate surface area is 149 Å². The van der Waals surface area contributed by atoms with Crippen molar-refractivity contribution in [1.82, 2.24) is 9.62 Å². The predicted octanol–water partition coefficient (Wildman–Crippen LogP) is 1.66. The Morgan fingerprint density at radius 1 is 1.28 bits per heavy atom.